The van der Waals surface area contributed by atoms with Gasteiger partial charge >= 0.3 is 6.18 Å². The van der Waals surface area contributed by atoms with E-state index in [2.05, 4.69) is 44.4 Å². The molecule has 6 rings (SSSR count). The van der Waals surface area contributed by atoms with E-state index < -0.39 is 11.7 Å². The molecule has 1 amide bonds. The van der Waals surface area contributed by atoms with Crippen LogP contribution in [0.5, 0.6) is 0 Å². The summed E-state index contributed by atoms with van der Waals surface area (Å²) in [5.41, 5.74) is 2.12. The minimum Gasteiger partial charge on any atom is -0.335 e. The van der Waals surface area contributed by atoms with Gasteiger partial charge in [-0.3, -0.25) is 14.3 Å². The lowest BCUT2D eigenvalue weighted by molar-refractivity contribution is -0.137. The molecule has 0 atom stereocenters. The van der Waals surface area contributed by atoms with Crippen molar-refractivity contribution in [2.75, 3.05) is 32.7 Å². The van der Waals surface area contributed by atoms with E-state index in [9.17, 15) is 18.0 Å². The van der Waals surface area contributed by atoms with E-state index >= 15 is 0 Å². The van der Waals surface area contributed by atoms with Gasteiger partial charge in [0.05, 0.1) is 17.0 Å². The predicted molar refractivity (Wildman–Crippen MR) is 175 cm³/mol. The third-order valence-corrected chi connectivity index (χ3v) is 9.54. The molecule has 0 aliphatic carbocycles. The van der Waals surface area contributed by atoms with E-state index in [0.717, 1.165) is 47.9 Å². The monoisotopic (exact) mass is 660 g/mol. The molecule has 0 unspecified atom stereocenters. The Labute approximate surface area is 273 Å². The highest BCUT2D eigenvalue weighted by Crippen LogP contribution is 2.33. The standard InChI is InChI=1S/C34H31F3N6OS2/c35-34(36,37)27-14-7-15-28(22-27)43-30(21-26-11-5-2-6-12-26)39-40-33(43)46-24-31-38-29(23-45-31)32(44)42-19-17-41(18-20-42)16-8-13-25-9-3-1-4-10-25/h1-15,22-23H,16-21,24H2/b13-8+. The zero-order valence-corrected chi connectivity index (χ0v) is 26.4. The molecule has 7 nitrogen and oxygen atoms in total. The number of alkyl halides is 3. The second-order valence-corrected chi connectivity index (χ2v) is 12.7. The molecule has 0 saturated carbocycles. The van der Waals surface area contributed by atoms with E-state index in [1.54, 1.807) is 16.0 Å². The summed E-state index contributed by atoms with van der Waals surface area (Å²) in [5.74, 6) is 0.823. The SMILES string of the molecule is O=C(c1csc(CSc2nnc(Cc3ccccc3)n2-c2cccc(C(F)(F)F)c2)n1)N1CCN(C/C=C/c2ccccc2)CC1. The fourth-order valence-electron chi connectivity index (χ4n) is 5.17. The summed E-state index contributed by atoms with van der Waals surface area (Å²) in [4.78, 5) is 22.0. The van der Waals surface area contributed by atoms with Gasteiger partial charge in [0, 0.05) is 44.5 Å². The maximum atomic E-state index is 13.6. The third kappa shape index (κ3) is 7.93. The van der Waals surface area contributed by atoms with Crippen LogP contribution in [0.4, 0.5) is 13.2 Å². The van der Waals surface area contributed by atoms with Crippen LogP contribution in [0.3, 0.4) is 0 Å². The van der Waals surface area contributed by atoms with Crippen molar-refractivity contribution in [2.45, 2.75) is 23.5 Å². The molecule has 0 radical (unpaired) electrons. The molecule has 236 valence electrons. The highest BCUT2D eigenvalue weighted by atomic mass is 32.2. The quantitative estimate of drug-likeness (QED) is 0.149. The van der Waals surface area contributed by atoms with Crippen molar-refractivity contribution in [3.63, 3.8) is 0 Å². The summed E-state index contributed by atoms with van der Waals surface area (Å²) in [5, 5.41) is 11.6. The van der Waals surface area contributed by atoms with Gasteiger partial charge in [0.2, 0.25) is 0 Å². The topological polar surface area (TPSA) is 67.2 Å². The Bertz CT molecular complexity index is 1780. The van der Waals surface area contributed by atoms with Gasteiger partial charge in [-0.15, -0.1) is 21.5 Å². The number of hydrogen-bond donors (Lipinski definition) is 0. The number of thiazole rings is 1. The first-order valence-electron chi connectivity index (χ1n) is 14.8. The normalized spacial score (nSPS) is 14.3. The van der Waals surface area contributed by atoms with Gasteiger partial charge in [-0.1, -0.05) is 90.6 Å². The highest BCUT2D eigenvalue weighted by Gasteiger charge is 2.31. The van der Waals surface area contributed by atoms with Crippen molar-refractivity contribution in [1.29, 1.82) is 0 Å². The smallest absolute Gasteiger partial charge is 0.335 e. The van der Waals surface area contributed by atoms with Gasteiger partial charge in [0.25, 0.3) is 5.91 Å². The van der Waals surface area contributed by atoms with Gasteiger partial charge in [-0.25, -0.2) is 4.98 Å². The van der Waals surface area contributed by atoms with Gasteiger partial charge < -0.3 is 4.90 Å². The molecule has 0 spiro atoms. The van der Waals surface area contributed by atoms with Crippen molar-refractivity contribution < 1.29 is 18.0 Å². The van der Waals surface area contributed by atoms with Crippen molar-refractivity contribution in [1.82, 2.24) is 29.5 Å². The minimum absolute atomic E-state index is 0.0933. The van der Waals surface area contributed by atoms with Crippen LogP contribution < -0.4 is 0 Å². The number of carbonyl (C=O) groups excluding carboxylic acids is 1. The van der Waals surface area contributed by atoms with Gasteiger partial charge in [0.1, 0.15) is 16.5 Å². The molecule has 3 heterocycles. The van der Waals surface area contributed by atoms with Crippen molar-refractivity contribution in [3.8, 4) is 5.69 Å². The molecule has 2 aromatic heterocycles. The summed E-state index contributed by atoms with van der Waals surface area (Å²) < 4.78 is 42.4. The molecule has 46 heavy (non-hydrogen) atoms. The van der Waals surface area contributed by atoms with Crippen LogP contribution in [0.25, 0.3) is 11.8 Å². The predicted octanol–water partition coefficient (Wildman–Crippen LogP) is 7.10. The number of amides is 1. The number of rotatable bonds is 10. The van der Waals surface area contributed by atoms with Crippen molar-refractivity contribution in [2.24, 2.45) is 0 Å². The van der Waals surface area contributed by atoms with E-state index in [1.807, 2.05) is 53.4 Å². The van der Waals surface area contributed by atoms with E-state index in [1.165, 1.54) is 29.2 Å². The van der Waals surface area contributed by atoms with Crippen LogP contribution in [0, 0.1) is 0 Å². The summed E-state index contributed by atoms with van der Waals surface area (Å²) in [7, 11) is 0. The molecule has 3 aromatic carbocycles. The average Bonchev–Trinajstić information content (AvgIpc) is 3.71. The van der Waals surface area contributed by atoms with Gasteiger partial charge in [-0.2, -0.15) is 13.2 Å². The molecular weight excluding hydrogens is 630 g/mol. The van der Waals surface area contributed by atoms with Crippen LogP contribution in [0.1, 0.15) is 38.0 Å². The lowest BCUT2D eigenvalue weighted by atomic mass is 10.1. The molecule has 12 heteroatoms. The van der Waals surface area contributed by atoms with Crippen LogP contribution >= 0.6 is 23.1 Å². The number of nitrogens with zero attached hydrogens (tertiary/aromatic N) is 6. The first kappa shape index (κ1) is 31.7. The Morgan fingerprint density at radius 1 is 0.913 bits per heavy atom. The largest absolute Gasteiger partial charge is 0.416 e. The fourth-order valence-corrected chi connectivity index (χ4v) is 6.92. The Kier molecular flexibility index (Phi) is 9.96. The number of benzene rings is 3. The van der Waals surface area contributed by atoms with E-state index in [0.29, 0.717) is 47.6 Å². The van der Waals surface area contributed by atoms with Crippen molar-refractivity contribution >= 4 is 35.1 Å². The zero-order chi connectivity index (χ0) is 31.9. The Hall–Kier alpha value is -4.26. The number of halogens is 3. The summed E-state index contributed by atoms with van der Waals surface area (Å²) in [6.45, 7) is 3.66. The molecule has 5 aromatic rings. The molecule has 1 saturated heterocycles. The second kappa shape index (κ2) is 14.4. The second-order valence-electron chi connectivity index (χ2n) is 10.8. The number of aromatic nitrogens is 4. The van der Waals surface area contributed by atoms with E-state index in [-0.39, 0.29) is 5.91 Å². The van der Waals surface area contributed by atoms with Crippen LogP contribution in [-0.2, 0) is 18.3 Å². The average molecular weight is 661 g/mol. The zero-order valence-electron chi connectivity index (χ0n) is 24.8. The lowest BCUT2D eigenvalue weighted by Gasteiger charge is -2.33. The molecule has 1 aliphatic rings. The number of piperazine rings is 1. The van der Waals surface area contributed by atoms with Crippen LogP contribution in [-0.4, -0.2) is 68.2 Å². The van der Waals surface area contributed by atoms with Gasteiger partial charge in [0.15, 0.2) is 5.16 Å². The number of hydrogen-bond acceptors (Lipinski definition) is 7. The highest BCUT2D eigenvalue weighted by molar-refractivity contribution is 7.98. The Balaban J connectivity index is 1.10. The molecular formula is C34H31F3N6OS2. The molecule has 1 aliphatic heterocycles. The maximum absolute atomic E-state index is 13.6. The first-order chi connectivity index (χ1) is 22.3. The van der Waals surface area contributed by atoms with E-state index in [4.69, 9.17) is 0 Å². The molecule has 1 fully saturated rings. The summed E-state index contributed by atoms with van der Waals surface area (Å²) in [6, 6.07) is 24.9. The Morgan fingerprint density at radius 3 is 2.39 bits per heavy atom. The number of thioether (sulfide) groups is 1. The fraction of sp³-hybridized carbons (Fsp3) is 0.235. The number of carbonyl (C=O) groups is 1. The van der Waals surface area contributed by atoms with Crippen LogP contribution in [0.2, 0.25) is 0 Å². The third-order valence-electron chi connectivity index (χ3n) is 7.57. The van der Waals surface area contributed by atoms with Crippen LogP contribution in [0.15, 0.2) is 102 Å². The summed E-state index contributed by atoms with van der Waals surface area (Å²) >= 11 is 2.71. The van der Waals surface area contributed by atoms with Gasteiger partial charge in [-0.05, 0) is 29.3 Å². The van der Waals surface area contributed by atoms with Crippen molar-refractivity contribution in [3.05, 3.63) is 130 Å². The first-order valence-corrected chi connectivity index (χ1v) is 16.7. The molecule has 0 N–H and O–H groups in total. The minimum atomic E-state index is -4.48. The Morgan fingerprint density at radius 2 is 1.65 bits per heavy atom. The summed E-state index contributed by atoms with van der Waals surface area (Å²) in [6.07, 6.45) is 0.179. The molecule has 0 bridgehead atoms. The maximum Gasteiger partial charge on any atom is 0.416 e. The lowest BCUT2D eigenvalue weighted by Crippen LogP contribution is -2.48.